The third-order valence-electron chi connectivity index (χ3n) is 12.0. The second-order valence-corrected chi connectivity index (χ2v) is 15.7. The van der Waals surface area contributed by atoms with Crippen LogP contribution in [0.5, 0.6) is 11.5 Å². The zero-order valence-electron chi connectivity index (χ0n) is 33.2. The Kier molecular flexibility index (Phi) is 8.19. The van der Waals surface area contributed by atoms with Crippen molar-refractivity contribution in [1.29, 1.82) is 0 Å². The van der Waals surface area contributed by atoms with Crippen molar-refractivity contribution in [3.8, 4) is 33.9 Å². The van der Waals surface area contributed by atoms with Crippen molar-refractivity contribution in [2.24, 2.45) is 0 Å². The van der Waals surface area contributed by atoms with Gasteiger partial charge in [0.2, 0.25) is 0 Å². The number of imidazole rings is 2. The molecule has 7 aromatic carbocycles. The Morgan fingerprint density at radius 1 is 0.433 bits per heavy atom. The summed E-state index contributed by atoms with van der Waals surface area (Å²) in [4.78, 5) is 15.7. The van der Waals surface area contributed by atoms with E-state index < -0.39 is 0 Å². The quantitative estimate of drug-likeness (QED) is 0.100. The molecule has 6 nitrogen and oxygen atoms in total. The van der Waals surface area contributed by atoms with Crippen LogP contribution in [0.15, 0.2) is 140 Å². The molecule has 0 saturated heterocycles. The molecule has 0 aliphatic carbocycles. The molecule has 0 fully saturated rings. The smallest absolute Gasteiger partial charge is 0.497 e. The molecule has 0 radical (unpaired) electrons. The molecular formula is C53H35N5OPd. The van der Waals surface area contributed by atoms with Crippen LogP contribution in [0, 0.1) is 39.8 Å². The van der Waals surface area contributed by atoms with Crippen molar-refractivity contribution in [2.75, 3.05) is 0 Å². The van der Waals surface area contributed by atoms with Gasteiger partial charge in [-0.2, -0.15) is 0 Å². The Balaban J connectivity index is 0.00000408. The summed E-state index contributed by atoms with van der Waals surface area (Å²) in [6, 6.07) is 56.0. The number of fused-ring (bicyclic) bond motifs is 16. The maximum Gasteiger partial charge on any atom is 2.00 e. The molecule has 5 heterocycles. The van der Waals surface area contributed by atoms with Gasteiger partial charge < -0.3 is 13.5 Å². The summed E-state index contributed by atoms with van der Waals surface area (Å²) in [5, 5.41) is 5.98. The van der Waals surface area contributed by atoms with Gasteiger partial charge in [-0.15, -0.1) is 12.1 Å². The van der Waals surface area contributed by atoms with E-state index in [1.165, 1.54) is 33.4 Å². The van der Waals surface area contributed by atoms with Crippen LogP contribution in [0.4, 0.5) is 0 Å². The van der Waals surface area contributed by atoms with E-state index >= 15 is 0 Å². The molecule has 0 aliphatic rings. The Bertz CT molecular complexity index is 3480. The van der Waals surface area contributed by atoms with Crippen molar-refractivity contribution >= 4 is 76.8 Å². The molecule has 0 spiro atoms. The van der Waals surface area contributed by atoms with Gasteiger partial charge in [-0.25, -0.2) is 4.98 Å². The van der Waals surface area contributed by atoms with Crippen LogP contribution in [0.1, 0.15) is 22.3 Å². The van der Waals surface area contributed by atoms with Crippen LogP contribution in [0.25, 0.3) is 99.2 Å². The molecule has 0 aliphatic heterocycles. The number of ether oxygens (including phenoxy) is 1. The fraction of sp³-hybridized carbons (Fsp3) is 0.0755. The first-order valence-corrected chi connectivity index (χ1v) is 20.0. The Morgan fingerprint density at radius 3 is 1.58 bits per heavy atom. The summed E-state index contributed by atoms with van der Waals surface area (Å²) >= 11 is 0. The minimum Gasteiger partial charge on any atom is -0.497 e. The molecule has 288 valence electrons. The molecule has 0 atom stereocenters. The summed E-state index contributed by atoms with van der Waals surface area (Å²) in [6.45, 7) is 8.65. The van der Waals surface area contributed by atoms with Gasteiger partial charge in [0, 0.05) is 22.6 Å². The number of pyridine rings is 3. The van der Waals surface area contributed by atoms with E-state index in [1.54, 1.807) is 0 Å². The van der Waals surface area contributed by atoms with E-state index in [9.17, 15) is 0 Å². The van der Waals surface area contributed by atoms with Crippen molar-refractivity contribution in [1.82, 2.24) is 23.8 Å². The molecule has 0 amide bonds. The minimum atomic E-state index is 0. The Morgan fingerprint density at radius 2 is 0.950 bits per heavy atom. The van der Waals surface area contributed by atoms with E-state index in [1.807, 2.05) is 36.4 Å². The molecular weight excluding hydrogens is 829 g/mol. The van der Waals surface area contributed by atoms with E-state index in [4.69, 9.17) is 19.7 Å². The molecule has 0 unspecified atom stereocenters. The Labute approximate surface area is 359 Å². The normalized spacial score (nSPS) is 11.9. The predicted molar refractivity (Wildman–Crippen MR) is 241 cm³/mol. The van der Waals surface area contributed by atoms with Gasteiger partial charge in [0.25, 0.3) is 0 Å². The number of nitrogens with zero attached hydrogens (tertiary/aromatic N) is 5. The molecule has 0 N–H and O–H groups in total. The SMILES string of the molecule is Cc1cccc(C)c1-c1ccc2c3ccc(Oc4[c-]c5c(cc4)c4ccc(-c6c(C)cccc6C)nc4n4c6ccccc6nc54)[c-]c3c3nc4ccccc4n3c2c1.[Pd+2]. The van der Waals surface area contributed by atoms with Gasteiger partial charge in [0.1, 0.15) is 5.65 Å². The minimum absolute atomic E-state index is 0. The number of para-hydroxylation sites is 4. The first kappa shape index (κ1) is 36.2. The van der Waals surface area contributed by atoms with Gasteiger partial charge >= 0.3 is 20.4 Å². The number of aryl methyl sites for hydroxylation is 4. The first-order chi connectivity index (χ1) is 28.9. The zero-order chi connectivity index (χ0) is 39.5. The van der Waals surface area contributed by atoms with Gasteiger partial charge in [-0.3, -0.25) is 9.97 Å². The monoisotopic (exact) mass is 863 g/mol. The largest absolute Gasteiger partial charge is 2.00 e. The topological polar surface area (TPSA) is 56.7 Å². The fourth-order valence-corrected chi connectivity index (χ4v) is 9.39. The average molecular weight is 864 g/mol. The molecule has 0 saturated carbocycles. The second kappa shape index (κ2) is 13.6. The van der Waals surface area contributed by atoms with Crippen molar-refractivity contribution in [3.63, 3.8) is 0 Å². The van der Waals surface area contributed by atoms with Crippen molar-refractivity contribution in [2.45, 2.75) is 27.7 Å². The molecule has 12 aromatic rings. The van der Waals surface area contributed by atoms with Crippen LogP contribution >= 0.6 is 0 Å². The second-order valence-electron chi connectivity index (χ2n) is 15.7. The van der Waals surface area contributed by atoms with Gasteiger partial charge in [-0.1, -0.05) is 125 Å². The molecule has 60 heavy (non-hydrogen) atoms. The number of rotatable bonds is 4. The van der Waals surface area contributed by atoms with Crippen LogP contribution in [0.2, 0.25) is 0 Å². The molecule has 7 heteroatoms. The Hall–Kier alpha value is -6.91. The summed E-state index contributed by atoms with van der Waals surface area (Å²) in [5.74, 6) is 1.16. The third-order valence-corrected chi connectivity index (χ3v) is 12.0. The van der Waals surface area contributed by atoms with E-state index in [0.29, 0.717) is 11.5 Å². The fourth-order valence-electron chi connectivity index (χ4n) is 9.39. The summed E-state index contributed by atoms with van der Waals surface area (Å²) in [5.41, 5.74) is 16.9. The third kappa shape index (κ3) is 5.33. The summed E-state index contributed by atoms with van der Waals surface area (Å²) < 4.78 is 11.1. The number of aromatic nitrogens is 5. The van der Waals surface area contributed by atoms with E-state index in [2.05, 4.69) is 152 Å². The van der Waals surface area contributed by atoms with Crippen molar-refractivity contribution < 1.29 is 25.2 Å². The standard InChI is InChI=1S/C53H35N5O.Pd/c1-30-11-9-12-31(2)49(30)34-19-22-39-37-23-20-35(28-41(37)52-54-43-15-5-7-17-46(43)57(52)48(39)27-34)59-36-21-24-38-40-25-26-45(50-32(3)13-10-14-33(50)4)56-51(40)58-47-18-8-6-16-44(47)55-53(58)42(38)29-36;/h5-27H,1-4H3;/q-2;+2. The van der Waals surface area contributed by atoms with E-state index in [0.717, 1.165) is 88.1 Å². The first-order valence-electron chi connectivity index (χ1n) is 20.0. The zero-order valence-corrected chi connectivity index (χ0v) is 34.8. The molecule has 12 rings (SSSR count). The number of benzene rings is 7. The number of hydrogen-bond acceptors (Lipinski definition) is 4. The van der Waals surface area contributed by atoms with Gasteiger partial charge in [0.15, 0.2) is 0 Å². The van der Waals surface area contributed by atoms with E-state index in [-0.39, 0.29) is 20.4 Å². The predicted octanol–water partition coefficient (Wildman–Crippen LogP) is 13.3. The summed E-state index contributed by atoms with van der Waals surface area (Å²) in [6.07, 6.45) is 0. The van der Waals surface area contributed by atoms with Crippen molar-refractivity contribution in [3.05, 3.63) is 174 Å². The molecule has 5 aromatic heterocycles. The van der Waals surface area contributed by atoms with Crippen LogP contribution in [-0.4, -0.2) is 23.8 Å². The maximum absolute atomic E-state index is 6.67. The van der Waals surface area contributed by atoms with Gasteiger partial charge in [0.05, 0.1) is 39.1 Å². The van der Waals surface area contributed by atoms with Crippen LogP contribution < -0.4 is 4.74 Å². The molecule has 0 bridgehead atoms. The summed E-state index contributed by atoms with van der Waals surface area (Å²) in [7, 11) is 0. The maximum atomic E-state index is 6.67. The van der Waals surface area contributed by atoms with Gasteiger partial charge in [-0.05, 0) is 108 Å². The number of hydrogen-bond donors (Lipinski definition) is 0. The van der Waals surface area contributed by atoms with Crippen LogP contribution in [-0.2, 0) is 20.4 Å². The van der Waals surface area contributed by atoms with Crippen LogP contribution in [0.3, 0.4) is 0 Å². The average Bonchev–Trinajstić information content (AvgIpc) is 3.84.